The average Bonchev–Trinajstić information content (AvgIpc) is 2.43. The molecular weight excluding hydrogens is 228 g/mol. The minimum atomic E-state index is 0.0738. The summed E-state index contributed by atoms with van der Waals surface area (Å²) in [5.74, 6) is 0.0738. The maximum atomic E-state index is 12.1. The van der Waals surface area contributed by atoms with Crippen molar-refractivity contribution in [1.29, 1.82) is 0 Å². The van der Waals surface area contributed by atoms with Crippen LogP contribution in [0.1, 0.15) is 10.4 Å². The molecule has 1 heterocycles. The van der Waals surface area contributed by atoms with Crippen molar-refractivity contribution in [3.05, 3.63) is 42.1 Å². The van der Waals surface area contributed by atoms with Gasteiger partial charge in [0, 0.05) is 30.8 Å². The van der Waals surface area contributed by atoms with Crippen LogP contribution in [0.2, 0.25) is 0 Å². The Bertz CT molecular complexity index is 535. The van der Waals surface area contributed by atoms with Crippen LogP contribution in [0.15, 0.2) is 36.5 Å². The van der Waals surface area contributed by atoms with Gasteiger partial charge in [-0.25, -0.2) is 0 Å². The highest BCUT2D eigenvalue weighted by atomic mass is 16.5. The molecule has 0 radical (unpaired) electrons. The Hall–Kier alpha value is -1.78. The topological polar surface area (TPSA) is 51.2 Å². The predicted octanol–water partition coefficient (Wildman–Crippen LogP) is 1.65. The van der Waals surface area contributed by atoms with Crippen molar-refractivity contribution in [2.24, 2.45) is 0 Å². The first-order valence-corrected chi connectivity index (χ1v) is 5.89. The van der Waals surface area contributed by atoms with Gasteiger partial charge in [0.25, 0.3) is 0 Å². The van der Waals surface area contributed by atoms with E-state index in [1.807, 2.05) is 30.3 Å². The number of hydrogen-bond acceptors (Lipinski definition) is 4. The predicted molar refractivity (Wildman–Crippen MR) is 70.8 cm³/mol. The summed E-state index contributed by atoms with van der Waals surface area (Å²) < 4.78 is 4.92. The second-order valence-electron chi connectivity index (χ2n) is 3.97. The highest BCUT2D eigenvalue weighted by Gasteiger charge is 2.09. The van der Waals surface area contributed by atoms with E-state index in [1.54, 1.807) is 13.3 Å². The van der Waals surface area contributed by atoms with Gasteiger partial charge in [0.1, 0.15) is 0 Å². The molecule has 1 aromatic heterocycles. The van der Waals surface area contributed by atoms with Crippen LogP contribution in [0.25, 0.3) is 10.9 Å². The SMILES string of the molecule is COCCNCC(=O)c1cccc2ncccc12. The largest absolute Gasteiger partial charge is 0.383 e. The van der Waals surface area contributed by atoms with E-state index in [9.17, 15) is 4.79 Å². The Morgan fingerprint density at radius 3 is 3.06 bits per heavy atom. The summed E-state index contributed by atoms with van der Waals surface area (Å²) >= 11 is 0. The third kappa shape index (κ3) is 2.91. The fraction of sp³-hybridized carbons (Fsp3) is 0.286. The molecule has 0 atom stereocenters. The Balaban J connectivity index is 2.13. The molecule has 0 aliphatic heterocycles. The molecule has 0 saturated heterocycles. The van der Waals surface area contributed by atoms with Gasteiger partial charge in [-0.2, -0.15) is 0 Å². The highest BCUT2D eigenvalue weighted by Crippen LogP contribution is 2.16. The zero-order valence-corrected chi connectivity index (χ0v) is 10.3. The molecule has 18 heavy (non-hydrogen) atoms. The summed E-state index contributed by atoms with van der Waals surface area (Å²) in [4.78, 5) is 16.3. The molecule has 0 saturated carbocycles. The lowest BCUT2D eigenvalue weighted by molar-refractivity contribution is 0.0989. The van der Waals surface area contributed by atoms with E-state index in [0.717, 1.165) is 10.9 Å². The lowest BCUT2D eigenvalue weighted by atomic mass is 10.0. The average molecular weight is 244 g/mol. The number of rotatable bonds is 6. The number of carbonyl (C=O) groups is 1. The smallest absolute Gasteiger partial charge is 0.177 e. The number of aromatic nitrogens is 1. The van der Waals surface area contributed by atoms with Crippen molar-refractivity contribution in [2.75, 3.05) is 26.8 Å². The Morgan fingerprint density at radius 2 is 2.22 bits per heavy atom. The van der Waals surface area contributed by atoms with Gasteiger partial charge in [-0.3, -0.25) is 9.78 Å². The summed E-state index contributed by atoms with van der Waals surface area (Å²) in [5.41, 5.74) is 1.56. The van der Waals surface area contributed by atoms with Crippen molar-refractivity contribution in [1.82, 2.24) is 10.3 Å². The Labute approximate surface area is 106 Å². The Morgan fingerprint density at radius 1 is 1.33 bits per heavy atom. The van der Waals surface area contributed by atoms with Gasteiger partial charge in [0.15, 0.2) is 5.78 Å². The van der Waals surface area contributed by atoms with E-state index in [1.165, 1.54) is 0 Å². The van der Waals surface area contributed by atoms with E-state index in [0.29, 0.717) is 25.3 Å². The van der Waals surface area contributed by atoms with Crippen LogP contribution in [0.3, 0.4) is 0 Å². The molecule has 4 nitrogen and oxygen atoms in total. The number of fused-ring (bicyclic) bond motifs is 1. The van der Waals surface area contributed by atoms with Gasteiger partial charge in [-0.1, -0.05) is 18.2 Å². The van der Waals surface area contributed by atoms with Gasteiger partial charge < -0.3 is 10.1 Å². The maximum absolute atomic E-state index is 12.1. The molecule has 0 bridgehead atoms. The second-order valence-corrected chi connectivity index (χ2v) is 3.97. The number of ether oxygens (including phenoxy) is 1. The summed E-state index contributed by atoms with van der Waals surface area (Å²) in [6.07, 6.45) is 1.73. The van der Waals surface area contributed by atoms with Crippen LogP contribution in [-0.4, -0.2) is 37.6 Å². The van der Waals surface area contributed by atoms with Crippen molar-refractivity contribution in [3.8, 4) is 0 Å². The van der Waals surface area contributed by atoms with Crippen molar-refractivity contribution >= 4 is 16.7 Å². The van der Waals surface area contributed by atoms with E-state index in [-0.39, 0.29) is 5.78 Å². The fourth-order valence-electron chi connectivity index (χ4n) is 1.82. The number of carbonyl (C=O) groups excluding carboxylic acids is 1. The first kappa shape index (κ1) is 12.7. The third-order valence-electron chi connectivity index (χ3n) is 2.71. The minimum absolute atomic E-state index is 0.0738. The zero-order chi connectivity index (χ0) is 12.8. The van der Waals surface area contributed by atoms with E-state index >= 15 is 0 Å². The molecule has 0 aliphatic rings. The lowest BCUT2D eigenvalue weighted by Gasteiger charge is -2.06. The summed E-state index contributed by atoms with van der Waals surface area (Å²) in [6, 6.07) is 9.37. The number of Topliss-reactive ketones (excluding diaryl/α,β-unsaturated/α-hetero) is 1. The molecule has 94 valence electrons. The van der Waals surface area contributed by atoms with Crippen LogP contribution in [-0.2, 0) is 4.74 Å². The third-order valence-corrected chi connectivity index (χ3v) is 2.71. The highest BCUT2D eigenvalue weighted by molar-refractivity contribution is 6.08. The van der Waals surface area contributed by atoms with Gasteiger partial charge in [0.2, 0.25) is 0 Å². The number of nitrogens with zero attached hydrogens (tertiary/aromatic N) is 1. The zero-order valence-electron chi connectivity index (χ0n) is 10.3. The summed E-state index contributed by atoms with van der Waals surface area (Å²) in [6.45, 7) is 1.59. The van der Waals surface area contributed by atoms with Gasteiger partial charge in [0.05, 0.1) is 18.7 Å². The minimum Gasteiger partial charge on any atom is -0.383 e. The molecular formula is C14H16N2O2. The number of hydrogen-bond donors (Lipinski definition) is 1. The maximum Gasteiger partial charge on any atom is 0.177 e. The molecule has 0 spiro atoms. The van der Waals surface area contributed by atoms with Gasteiger partial charge in [-0.05, 0) is 12.1 Å². The van der Waals surface area contributed by atoms with Crippen molar-refractivity contribution < 1.29 is 9.53 Å². The number of nitrogens with one attached hydrogen (secondary N) is 1. The Kier molecular flexibility index (Phi) is 4.39. The molecule has 0 amide bonds. The van der Waals surface area contributed by atoms with Gasteiger partial charge >= 0.3 is 0 Å². The molecule has 2 rings (SSSR count). The quantitative estimate of drug-likeness (QED) is 0.620. The van der Waals surface area contributed by atoms with Crippen molar-refractivity contribution in [3.63, 3.8) is 0 Å². The molecule has 0 unspecified atom stereocenters. The molecule has 0 fully saturated rings. The summed E-state index contributed by atoms with van der Waals surface area (Å²) in [5, 5.41) is 3.96. The van der Waals surface area contributed by atoms with E-state index in [4.69, 9.17) is 4.74 Å². The first-order chi connectivity index (χ1) is 8.83. The van der Waals surface area contributed by atoms with E-state index < -0.39 is 0 Å². The number of benzene rings is 1. The molecule has 1 N–H and O–H groups in total. The van der Waals surface area contributed by atoms with Crippen LogP contribution < -0.4 is 5.32 Å². The van der Waals surface area contributed by atoms with E-state index in [2.05, 4.69) is 10.3 Å². The second kappa shape index (κ2) is 6.23. The summed E-state index contributed by atoms with van der Waals surface area (Å²) in [7, 11) is 1.64. The molecule has 1 aromatic carbocycles. The van der Waals surface area contributed by atoms with Crippen LogP contribution in [0.4, 0.5) is 0 Å². The van der Waals surface area contributed by atoms with Crippen LogP contribution in [0, 0.1) is 0 Å². The number of ketones is 1. The molecule has 4 heteroatoms. The number of methoxy groups -OCH3 is 1. The fourth-order valence-corrected chi connectivity index (χ4v) is 1.82. The number of pyridine rings is 1. The van der Waals surface area contributed by atoms with Crippen LogP contribution in [0.5, 0.6) is 0 Å². The van der Waals surface area contributed by atoms with Crippen molar-refractivity contribution in [2.45, 2.75) is 0 Å². The lowest BCUT2D eigenvalue weighted by Crippen LogP contribution is -2.26. The van der Waals surface area contributed by atoms with Gasteiger partial charge in [-0.15, -0.1) is 0 Å². The monoisotopic (exact) mass is 244 g/mol. The normalized spacial score (nSPS) is 10.7. The van der Waals surface area contributed by atoms with Crippen LogP contribution >= 0.6 is 0 Å². The molecule has 0 aliphatic carbocycles. The standard InChI is InChI=1S/C14H16N2O2/c1-18-9-8-15-10-14(17)12-4-2-6-13-11(12)5-3-7-16-13/h2-7,15H,8-10H2,1H3. The first-order valence-electron chi connectivity index (χ1n) is 5.89. The molecule has 2 aromatic rings.